The number of piperazine rings is 1. The largest absolute Gasteiger partial charge is 0.416 e. The number of rotatable bonds is 6. The first-order valence-corrected chi connectivity index (χ1v) is 12.9. The first kappa shape index (κ1) is 26.9. The minimum Gasteiger partial charge on any atom is -0.382 e. The quantitative estimate of drug-likeness (QED) is 0.457. The number of ether oxygens (including phenoxy) is 1. The molecular weight excluding hydrogens is 514 g/mol. The van der Waals surface area contributed by atoms with Gasteiger partial charge in [-0.15, -0.1) is 0 Å². The Morgan fingerprint density at radius 3 is 2.33 bits per heavy atom. The number of hydrogen-bond donors (Lipinski definition) is 1. The summed E-state index contributed by atoms with van der Waals surface area (Å²) in [5, 5.41) is 4.26. The van der Waals surface area contributed by atoms with Crippen molar-refractivity contribution in [2.75, 3.05) is 43.0 Å². The molecule has 1 N–H and O–H groups in total. The number of nitrogens with zero attached hydrogens (tertiary/aromatic N) is 2. The van der Waals surface area contributed by atoms with Gasteiger partial charge in [-0.2, -0.15) is 13.2 Å². The predicted octanol–water partition coefficient (Wildman–Crippen LogP) is 6.41. The van der Waals surface area contributed by atoms with Crippen LogP contribution in [0.4, 0.5) is 24.5 Å². The number of carbonyl (C=O) groups is 1. The summed E-state index contributed by atoms with van der Waals surface area (Å²) in [6.45, 7) is 4.13. The Balaban J connectivity index is 1.18. The highest BCUT2D eigenvalue weighted by atomic mass is 35.5. The van der Waals surface area contributed by atoms with Gasteiger partial charge in [0.15, 0.2) is 0 Å². The monoisotopic (exact) mass is 543 g/mol. The zero-order valence-electron chi connectivity index (χ0n) is 20.1. The van der Waals surface area contributed by atoms with Crippen molar-refractivity contribution in [2.24, 2.45) is 0 Å². The standard InChI is InChI=1S/C26H30Cl2F3N3O2/c1-17-2-3-19(14-22(17)26(29,30)31)32-18-4-7-21(8-5-18)36-16-25(35)34-12-10-33(11-13-34)20-6-9-23(27)24(28)15-20/h2-3,6,9,14-15,18,21,32H,4-5,7-8,10-13,16H2,1H3. The van der Waals surface area contributed by atoms with Crippen molar-refractivity contribution in [3.63, 3.8) is 0 Å². The Hall–Kier alpha value is -2.16. The van der Waals surface area contributed by atoms with Crippen LogP contribution in [0.1, 0.15) is 36.8 Å². The van der Waals surface area contributed by atoms with E-state index in [4.69, 9.17) is 27.9 Å². The van der Waals surface area contributed by atoms with Crippen molar-refractivity contribution >= 4 is 40.5 Å². The molecule has 2 aromatic carbocycles. The van der Waals surface area contributed by atoms with Gasteiger partial charge in [-0.1, -0.05) is 29.3 Å². The smallest absolute Gasteiger partial charge is 0.382 e. The molecule has 1 aliphatic heterocycles. The summed E-state index contributed by atoms with van der Waals surface area (Å²) in [5.41, 5.74) is 1.07. The molecule has 1 aliphatic carbocycles. The van der Waals surface area contributed by atoms with Crippen LogP contribution < -0.4 is 10.2 Å². The number of amides is 1. The molecule has 0 bridgehead atoms. The number of carbonyl (C=O) groups excluding carboxylic acids is 1. The average Bonchev–Trinajstić information content (AvgIpc) is 2.85. The van der Waals surface area contributed by atoms with E-state index < -0.39 is 11.7 Å². The highest BCUT2D eigenvalue weighted by molar-refractivity contribution is 6.42. The van der Waals surface area contributed by atoms with Gasteiger partial charge in [0.1, 0.15) is 6.61 Å². The minimum atomic E-state index is -4.37. The third-order valence-corrected chi connectivity index (χ3v) is 7.67. The van der Waals surface area contributed by atoms with E-state index in [-0.39, 0.29) is 30.2 Å². The molecule has 10 heteroatoms. The summed E-state index contributed by atoms with van der Waals surface area (Å²) in [4.78, 5) is 16.7. The molecule has 0 unspecified atom stereocenters. The van der Waals surface area contributed by atoms with Crippen LogP contribution in [0.3, 0.4) is 0 Å². The summed E-state index contributed by atoms with van der Waals surface area (Å²) in [6.07, 6.45) is -1.32. The van der Waals surface area contributed by atoms with Gasteiger partial charge in [0, 0.05) is 43.6 Å². The van der Waals surface area contributed by atoms with Crippen molar-refractivity contribution in [1.29, 1.82) is 0 Å². The molecule has 1 saturated carbocycles. The van der Waals surface area contributed by atoms with Crippen LogP contribution in [0, 0.1) is 6.92 Å². The zero-order chi connectivity index (χ0) is 25.9. The highest BCUT2D eigenvalue weighted by Gasteiger charge is 2.33. The van der Waals surface area contributed by atoms with E-state index in [9.17, 15) is 18.0 Å². The molecule has 0 atom stereocenters. The first-order valence-electron chi connectivity index (χ1n) is 12.1. The summed E-state index contributed by atoms with van der Waals surface area (Å²) in [7, 11) is 0. The van der Waals surface area contributed by atoms with Crippen LogP contribution in [-0.4, -0.2) is 55.7 Å². The Morgan fingerprint density at radius 1 is 1.00 bits per heavy atom. The molecular formula is C26H30Cl2F3N3O2. The molecule has 1 saturated heterocycles. The van der Waals surface area contributed by atoms with Crippen molar-refractivity contribution < 1.29 is 22.7 Å². The van der Waals surface area contributed by atoms with E-state index in [1.165, 1.54) is 19.1 Å². The number of nitrogens with one attached hydrogen (secondary N) is 1. The third-order valence-electron chi connectivity index (χ3n) is 6.93. The molecule has 1 amide bonds. The highest BCUT2D eigenvalue weighted by Crippen LogP contribution is 2.34. The second kappa shape index (κ2) is 11.5. The molecule has 4 rings (SSSR count). The molecule has 36 heavy (non-hydrogen) atoms. The lowest BCUT2D eigenvalue weighted by Crippen LogP contribution is -2.50. The van der Waals surface area contributed by atoms with Gasteiger partial charge >= 0.3 is 6.18 Å². The fourth-order valence-electron chi connectivity index (χ4n) is 4.80. The Bertz CT molecular complexity index is 1070. The third kappa shape index (κ3) is 6.78. The fraction of sp³-hybridized carbons (Fsp3) is 0.500. The van der Waals surface area contributed by atoms with Crippen LogP contribution in [0.5, 0.6) is 0 Å². The maximum Gasteiger partial charge on any atom is 0.416 e. The molecule has 0 spiro atoms. The molecule has 0 radical (unpaired) electrons. The molecule has 1 heterocycles. The second-order valence-corrected chi connectivity index (χ2v) is 10.2. The maximum atomic E-state index is 13.2. The SMILES string of the molecule is Cc1ccc(NC2CCC(OCC(=O)N3CCN(c4ccc(Cl)c(Cl)c4)CC3)CC2)cc1C(F)(F)F. The number of aryl methyl sites for hydroxylation is 1. The van der Waals surface area contributed by atoms with Gasteiger partial charge in [-0.05, 0) is 68.5 Å². The van der Waals surface area contributed by atoms with Crippen molar-refractivity contribution in [1.82, 2.24) is 4.90 Å². The van der Waals surface area contributed by atoms with E-state index in [2.05, 4.69) is 10.2 Å². The lowest BCUT2D eigenvalue weighted by Gasteiger charge is -2.36. The van der Waals surface area contributed by atoms with E-state index >= 15 is 0 Å². The lowest BCUT2D eigenvalue weighted by molar-refractivity contribution is -0.139. The van der Waals surface area contributed by atoms with Crippen LogP contribution in [0.2, 0.25) is 10.0 Å². The Kier molecular flexibility index (Phi) is 8.58. The normalized spacial score (nSPS) is 20.9. The van der Waals surface area contributed by atoms with Gasteiger partial charge in [0.25, 0.3) is 0 Å². The molecule has 196 valence electrons. The average molecular weight is 544 g/mol. The molecule has 2 aromatic rings. The van der Waals surface area contributed by atoms with E-state index in [0.29, 0.717) is 41.9 Å². The number of benzene rings is 2. The van der Waals surface area contributed by atoms with Gasteiger partial charge < -0.3 is 19.9 Å². The van der Waals surface area contributed by atoms with E-state index in [0.717, 1.165) is 31.4 Å². The molecule has 0 aromatic heterocycles. The molecule has 5 nitrogen and oxygen atoms in total. The van der Waals surface area contributed by atoms with Gasteiger partial charge in [-0.3, -0.25) is 4.79 Å². The lowest BCUT2D eigenvalue weighted by atomic mass is 9.92. The number of anilines is 2. The maximum absolute atomic E-state index is 13.2. The molecule has 2 fully saturated rings. The topological polar surface area (TPSA) is 44.8 Å². The van der Waals surface area contributed by atoms with E-state index in [1.807, 2.05) is 17.0 Å². The Morgan fingerprint density at radius 2 is 1.69 bits per heavy atom. The van der Waals surface area contributed by atoms with Crippen LogP contribution in [0.15, 0.2) is 36.4 Å². The summed E-state index contributed by atoms with van der Waals surface area (Å²) in [6, 6.07) is 9.98. The van der Waals surface area contributed by atoms with Crippen molar-refractivity contribution in [3.8, 4) is 0 Å². The number of alkyl halides is 3. The summed E-state index contributed by atoms with van der Waals surface area (Å²) in [5.74, 6) is -0.0247. The number of halogens is 5. The minimum absolute atomic E-state index is 0.0201. The summed E-state index contributed by atoms with van der Waals surface area (Å²) < 4.78 is 45.4. The first-order chi connectivity index (χ1) is 17.1. The van der Waals surface area contributed by atoms with Crippen LogP contribution in [-0.2, 0) is 15.7 Å². The van der Waals surface area contributed by atoms with E-state index in [1.54, 1.807) is 12.1 Å². The van der Waals surface area contributed by atoms with Crippen molar-refractivity contribution in [2.45, 2.75) is 50.9 Å². The van der Waals surface area contributed by atoms with Crippen LogP contribution in [0.25, 0.3) is 0 Å². The zero-order valence-corrected chi connectivity index (χ0v) is 21.6. The number of hydrogen-bond acceptors (Lipinski definition) is 4. The fourth-order valence-corrected chi connectivity index (χ4v) is 5.10. The van der Waals surface area contributed by atoms with Gasteiger partial charge in [-0.25, -0.2) is 0 Å². The summed E-state index contributed by atoms with van der Waals surface area (Å²) >= 11 is 12.1. The van der Waals surface area contributed by atoms with Gasteiger partial charge in [0.2, 0.25) is 5.91 Å². The second-order valence-electron chi connectivity index (χ2n) is 9.42. The van der Waals surface area contributed by atoms with Crippen LogP contribution >= 0.6 is 23.2 Å². The van der Waals surface area contributed by atoms with Crippen molar-refractivity contribution in [3.05, 3.63) is 57.6 Å². The Labute approximate surface area is 219 Å². The van der Waals surface area contributed by atoms with Gasteiger partial charge in [0.05, 0.1) is 21.7 Å². The predicted molar refractivity (Wildman–Crippen MR) is 137 cm³/mol. The molecule has 2 aliphatic rings.